The van der Waals surface area contributed by atoms with Gasteiger partial charge in [0.1, 0.15) is 6.10 Å². The number of aliphatic imine (C=N–C) groups is 1. The van der Waals surface area contributed by atoms with Gasteiger partial charge in [-0.3, -0.25) is 9.89 Å². The van der Waals surface area contributed by atoms with Crippen LogP contribution in [0, 0.1) is 5.82 Å². The lowest BCUT2D eigenvalue weighted by molar-refractivity contribution is 0.211. The van der Waals surface area contributed by atoms with Crippen LogP contribution in [0.2, 0.25) is 0 Å². The van der Waals surface area contributed by atoms with Crippen LogP contribution in [0.1, 0.15) is 33.6 Å². The summed E-state index contributed by atoms with van der Waals surface area (Å²) >= 11 is 0. The second-order valence-electron chi connectivity index (χ2n) is 6.80. The zero-order chi connectivity index (χ0) is 18.2. The van der Waals surface area contributed by atoms with Crippen LogP contribution < -0.4 is 15.4 Å². The van der Waals surface area contributed by atoms with E-state index in [4.69, 9.17) is 4.74 Å². The third-order valence-electron chi connectivity index (χ3n) is 4.29. The van der Waals surface area contributed by atoms with Crippen LogP contribution in [0.25, 0.3) is 0 Å². The summed E-state index contributed by atoms with van der Waals surface area (Å²) < 4.78 is 19.2. The Morgan fingerprint density at radius 3 is 2.54 bits per heavy atom. The number of ether oxygens (including phenoxy) is 1. The van der Waals surface area contributed by atoms with Crippen molar-refractivity contribution in [3.05, 3.63) is 30.1 Å². The molecular formula is C19H32FIN4O. The zero-order valence-electron chi connectivity index (χ0n) is 16.2. The summed E-state index contributed by atoms with van der Waals surface area (Å²) in [5.41, 5.74) is 0. The Balaban J connectivity index is 0.00000338. The Bertz CT molecular complexity index is 564. The maximum atomic E-state index is 13.6. The molecule has 1 atom stereocenters. The molecule has 0 bridgehead atoms. The molecule has 0 radical (unpaired) electrons. The topological polar surface area (TPSA) is 48.9 Å². The molecule has 0 aromatic heterocycles. The molecule has 0 spiro atoms. The molecule has 0 amide bonds. The maximum absolute atomic E-state index is 13.6. The first kappa shape index (κ1) is 23.0. The van der Waals surface area contributed by atoms with Gasteiger partial charge in [0.05, 0.1) is 6.54 Å². The summed E-state index contributed by atoms with van der Waals surface area (Å²) in [4.78, 5) is 6.77. The molecule has 5 nitrogen and oxygen atoms in total. The normalized spacial score (nSPS) is 15.6. The van der Waals surface area contributed by atoms with Gasteiger partial charge in [0.25, 0.3) is 0 Å². The molecule has 0 saturated heterocycles. The van der Waals surface area contributed by atoms with Gasteiger partial charge in [-0.15, -0.1) is 24.0 Å². The third-order valence-corrected chi connectivity index (χ3v) is 4.29. The predicted molar refractivity (Wildman–Crippen MR) is 116 cm³/mol. The summed E-state index contributed by atoms with van der Waals surface area (Å²) in [5.74, 6) is 0.672. The van der Waals surface area contributed by atoms with Crippen LogP contribution in [0.4, 0.5) is 4.39 Å². The Morgan fingerprint density at radius 2 is 1.96 bits per heavy atom. The molecule has 1 aliphatic carbocycles. The smallest absolute Gasteiger partial charge is 0.191 e. The van der Waals surface area contributed by atoms with Gasteiger partial charge in [0, 0.05) is 32.2 Å². The molecule has 0 aliphatic heterocycles. The summed E-state index contributed by atoms with van der Waals surface area (Å²) in [6, 6.07) is 7.77. The highest BCUT2D eigenvalue weighted by atomic mass is 127. The fourth-order valence-corrected chi connectivity index (χ4v) is 2.83. The van der Waals surface area contributed by atoms with E-state index in [1.807, 2.05) is 6.92 Å². The van der Waals surface area contributed by atoms with Crippen LogP contribution in [-0.4, -0.2) is 55.7 Å². The highest BCUT2D eigenvalue weighted by molar-refractivity contribution is 14.0. The molecule has 2 N–H and O–H groups in total. The Kier molecular flexibility index (Phi) is 10.2. The van der Waals surface area contributed by atoms with E-state index >= 15 is 0 Å². The van der Waals surface area contributed by atoms with Crippen LogP contribution in [0.15, 0.2) is 29.3 Å². The van der Waals surface area contributed by atoms with Gasteiger partial charge in [-0.25, -0.2) is 4.39 Å². The minimum absolute atomic E-state index is 0. The summed E-state index contributed by atoms with van der Waals surface area (Å²) in [5, 5.41) is 6.57. The van der Waals surface area contributed by atoms with Crippen LogP contribution in [0.3, 0.4) is 0 Å². The first-order valence-corrected chi connectivity index (χ1v) is 9.12. The van der Waals surface area contributed by atoms with Crippen molar-refractivity contribution < 1.29 is 9.13 Å². The van der Waals surface area contributed by atoms with E-state index in [-0.39, 0.29) is 41.6 Å². The van der Waals surface area contributed by atoms with Crippen molar-refractivity contribution in [3.63, 3.8) is 0 Å². The van der Waals surface area contributed by atoms with Gasteiger partial charge in [0.2, 0.25) is 0 Å². The Labute approximate surface area is 173 Å². The number of rotatable bonds is 9. The minimum atomic E-state index is -0.342. The molecule has 26 heavy (non-hydrogen) atoms. The summed E-state index contributed by atoms with van der Waals surface area (Å²) in [6.45, 7) is 8.78. The van der Waals surface area contributed by atoms with Gasteiger partial charge in [0.15, 0.2) is 17.5 Å². The Hall–Kier alpha value is -1.09. The highest BCUT2D eigenvalue weighted by Gasteiger charge is 2.30. The van der Waals surface area contributed by atoms with E-state index in [0.717, 1.165) is 25.1 Å². The lowest BCUT2D eigenvalue weighted by atomic mass is 10.3. The number of nitrogens with one attached hydrogen (secondary N) is 2. The van der Waals surface area contributed by atoms with Crippen molar-refractivity contribution >= 4 is 29.9 Å². The lowest BCUT2D eigenvalue weighted by Crippen LogP contribution is -2.45. The van der Waals surface area contributed by atoms with E-state index in [1.54, 1.807) is 25.2 Å². The van der Waals surface area contributed by atoms with Crippen molar-refractivity contribution in [2.24, 2.45) is 4.99 Å². The minimum Gasteiger partial charge on any atom is -0.486 e. The molecule has 0 heterocycles. The van der Waals surface area contributed by atoms with Crippen molar-refractivity contribution in [3.8, 4) is 5.75 Å². The molecule has 1 fully saturated rings. The van der Waals surface area contributed by atoms with Crippen molar-refractivity contribution in [1.82, 2.24) is 15.5 Å². The average molecular weight is 478 g/mol. The van der Waals surface area contributed by atoms with Crippen LogP contribution >= 0.6 is 24.0 Å². The van der Waals surface area contributed by atoms with Crippen LogP contribution in [-0.2, 0) is 0 Å². The number of benzene rings is 1. The quantitative estimate of drug-likeness (QED) is 0.325. The van der Waals surface area contributed by atoms with Gasteiger partial charge >= 0.3 is 0 Å². The molecular weight excluding hydrogens is 446 g/mol. The average Bonchev–Trinajstić information content (AvgIpc) is 3.41. The second kappa shape index (κ2) is 11.6. The van der Waals surface area contributed by atoms with Gasteiger partial charge in [-0.1, -0.05) is 12.1 Å². The van der Waals surface area contributed by atoms with E-state index in [1.165, 1.54) is 18.9 Å². The predicted octanol–water partition coefficient (Wildman–Crippen LogP) is 3.25. The highest BCUT2D eigenvalue weighted by Crippen LogP contribution is 2.27. The molecule has 2 rings (SSSR count). The molecule has 1 aromatic rings. The van der Waals surface area contributed by atoms with Crippen molar-refractivity contribution in [1.29, 1.82) is 0 Å². The number of nitrogens with zero attached hydrogens (tertiary/aromatic N) is 2. The number of guanidine groups is 1. The molecule has 1 unspecified atom stereocenters. The van der Waals surface area contributed by atoms with E-state index in [0.29, 0.717) is 12.6 Å². The van der Waals surface area contributed by atoms with Gasteiger partial charge in [-0.05, 0) is 45.7 Å². The number of hydrogen-bond acceptors (Lipinski definition) is 3. The third kappa shape index (κ3) is 7.65. The van der Waals surface area contributed by atoms with Crippen LogP contribution in [0.5, 0.6) is 5.75 Å². The van der Waals surface area contributed by atoms with Crippen molar-refractivity contribution in [2.75, 3.05) is 26.7 Å². The van der Waals surface area contributed by atoms with Gasteiger partial charge in [-0.2, -0.15) is 0 Å². The summed E-state index contributed by atoms with van der Waals surface area (Å²) in [7, 11) is 1.75. The van der Waals surface area contributed by atoms with E-state index < -0.39 is 0 Å². The number of hydrogen-bond donors (Lipinski definition) is 2. The molecule has 1 aromatic carbocycles. The summed E-state index contributed by atoms with van der Waals surface area (Å²) in [6.07, 6.45) is 2.46. The fourth-order valence-electron chi connectivity index (χ4n) is 2.83. The molecule has 1 saturated carbocycles. The van der Waals surface area contributed by atoms with Gasteiger partial charge < -0.3 is 15.4 Å². The first-order valence-electron chi connectivity index (χ1n) is 9.12. The SMILES string of the molecule is CN=C(NCCN(C(C)C)C1CC1)NCC(C)Oc1ccccc1F.I. The second-order valence-corrected chi connectivity index (χ2v) is 6.80. The van der Waals surface area contributed by atoms with E-state index in [2.05, 4.69) is 34.4 Å². The number of halogens is 2. The molecule has 148 valence electrons. The number of para-hydroxylation sites is 1. The lowest BCUT2D eigenvalue weighted by Gasteiger charge is -2.26. The first-order chi connectivity index (χ1) is 12.0. The fraction of sp³-hybridized carbons (Fsp3) is 0.632. The zero-order valence-corrected chi connectivity index (χ0v) is 18.5. The molecule has 7 heteroatoms. The standard InChI is InChI=1S/C19H31FN4O.HI/c1-14(2)24(16-9-10-16)12-11-22-19(21-4)23-13-15(3)25-18-8-6-5-7-17(18)20;/h5-8,14-16H,9-13H2,1-4H3,(H2,21,22,23);1H. The maximum Gasteiger partial charge on any atom is 0.191 e. The monoisotopic (exact) mass is 478 g/mol. The van der Waals surface area contributed by atoms with E-state index in [9.17, 15) is 4.39 Å². The van der Waals surface area contributed by atoms with Crippen molar-refractivity contribution in [2.45, 2.75) is 51.8 Å². The Morgan fingerprint density at radius 1 is 1.27 bits per heavy atom. The largest absolute Gasteiger partial charge is 0.486 e. The molecule has 1 aliphatic rings.